The van der Waals surface area contributed by atoms with Crippen molar-refractivity contribution < 1.29 is 19.1 Å². The number of hydrogen-bond acceptors (Lipinski definition) is 6. The van der Waals surface area contributed by atoms with Crippen LogP contribution in [0.25, 0.3) is 0 Å². The molecule has 0 fully saturated rings. The van der Waals surface area contributed by atoms with Gasteiger partial charge in [0.05, 0.1) is 7.11 Å². The van der Waals surface area contributed by atoms with E-state index in [0.29, 0.717) is 6.42 Å². The lowest BCUT2D eigenvalue weighted by Gasteiger charge is -1.80. The molecule has 0 aliphatic rings. The van der Waals surface area contributed by atoms with E-state index in [1.165, 1.54) is 14.0 Å². The molecule has 0 radical (unpaired) electrons. The van der Waals surface area contributed by atoms with Gasteiger partial charge in [0.2, 0.25) is 0 Å². The number of ether oxygens (including phenoxy) is 2. The molecule has 0 heterocycles. The van der Waals surface area contributed by atoms with Crippen LogP contribution in [-0.2, 0) is 19.1 Å². The second-order valence-electron chi connectivity index (χ2n) is 3.07. The van der Waals surface area contributed by atoms with Gasteiger partial charge in [0, 0.05) is 27.6 Å². The molecule has 23 heavy (non-hydrogen) atoms. The molecule has 0 atom stereocenters. The Morgan fingerprint density at radius 3 is 1.00 bits per heavy atom. The molecule has 0 spiro atoms. The molecule has 152 valence electrons. The molecule has 0 amide bonds. The highest BCUT2D eigenvalue weighted by molar-refractivity contribution is 7.97. The number of methoxy groups -OCH3 is 2. The maximum atomic E-state index is 9.81. The summed E-state index contributed by atoms with van der Waals surface area (Å²) >= 11 is 1.75. The van der Waals surface area contributed by atoms with Crippen LogP contribution in [-0.4, -0.2) is 59.7 Å². The van der Waals surface area contributed by atoms with Crippen molar-refractivity contribution in [3.8, 4) is 0 Å². The molecule has 0 aliphatic carbocycles. The first-order valence-corrected chi connectivity index (χ1v) is 7.35. The third kappa shape index (κ3) is 694. The third-order valence-corrected chi connectivity index (χ3v) is 0.785. The highest BCUT2D eigenvalue weighted by atomic mass is 32.2. The van der Waals surface area contributed by atoms with Crippen molar-refractivity contribution in [1.82, 2.24) is 5.32 Å². The van der Waals surface area contributed by atoms with Gasteiger partial charge in [0.25, 0.3) is 0 Å². The molecule has 0 unspecified atom stereocenters. The molecule has 0 rings (SSSR count). The second-order valence-corrected chi connectivity index (χ2v) is 3.88. The Morgan fingerprint density at radius 2 is 1.00 bits per heavy atom. The maximum Gasteiger partial charge on any atom is 0.302 e. The van der Waals surface area contributed by atoms with Crippen LogP contribution >= 0.6 is 11.8 Å². The number of hydrogen-bond donors (Lipinski definition) is 1. The Kier molecular flexibility index (Phi) is 204. The molecule has 0 aromatic heterocycles. The molecule has 0 aromatic rings. The van der Waals surface area contributed by atoms with Gasteiger partial charge >= 0.3 is 5.97 Å². The van der Waals surface area contributed by atoms with E-state index in [-0.39, 0.29) is 41.5 Å². The number of thioether (sulfide) groups is 1. The molecule has 5 nitrogen and oxygen atoms in total. The van der Waals surface area contributed by atoms with Gasteiger partial charge in [-0.3, -0.25) is 4.79 Å². The van der Waals surface area contributed by atoms with Crippen molar-refractivity contribution in [2.24, 2.45) is 0 Å². The molecule has 0 aromatic carbocycles. The maximum absolute atomic E-state index is 9.81. The highest BCUT2D eigenvalue weighted by Crippen LogP contribution is 1.71. The highest BCUT2D eigenvalue weighted by Gasteiger charge is 1.77. The summed E-state index contributed by atoms with van der Waals surface area (Å²) in [4.78, 5) is 19.4. The minimum Gasteiger partial charge on any atom is -0.469 e. The summed E-state index contributed by atoms with van der Waals surface area (Å²) in [6.45, 7) is 4.79. The number of rotatable bonds is 1. The minimum absolute atomic E-state index is 0. The van der Waals surface area contributed by atoms with Crippen molar-refractivity contribution >= 4 is 23.5 Å². The van der Waals surface area contributed by atoms with E-state index in [9.17, 15) is 9.59 Å². The zero-order valence-corrected chi connectivity index (χ0v) is 15.1. The molecule has 0 aliphatic heterocycles. The molecular formula is C17H49NO4S. The van der Waals surface area contributed by atoms with Crippen molar-refractivity contribution in [3.05, 3.63) is 0 Å². The summed E-state index contributed by atoms with van der Waals surface area (Å²) in [5.41, 5.74) is 0. The fourth-order valence-electron chi connectivity index (χ4n) is 0. The lowest BCUT2D eigenvalue weighted by Crippen LogP contribution is -1.89. The van der Waals surface area contributed by atoms with Gasteiger partial charge in [0.1, 0.15) is 5.78 Å². The van der Waals surface area contributed by atoms with Crippen LogP contribution in [0.15, 0.2) is 0 Å². The van der Waals surface area contributed by atoms with Crippen molar-refractivity contribution in [2.45, 2.75) is 56.9 Å². The summed E-state index contributed by atoms with van der Waals surface area (Å²) in [5.74, 6) is 0.00926. The van der Waals surface area contributed by atoms with Gasteiger partial charge in [-0.1, -0.05) is 36.6 Å². The van der Waals surface area contributed by atoms with Crippen molar-refractivity contribution in [2.75, 3.05) is 47.9 Å². The van der Waals surface area contributed by atoms with Crippen LogP contribution < -0.4 is 5.32 Å². The van der Waals surface area contributed by atoms with Crippen LogP contribution in [0.1, 0.15) is 56.9 Å². The van der Waals surface area contributed by atoms with Crippen LogP contribution in [0, 0.1) is 0 Å². The zero-order valence-electron chi connectivity index (χ0n) is 14.2. The molecule has 0 saturated carbocycles. The van der Waals surface area contributed by atoms with E-state index in [4.69, 9.17) is 0 Å². The average molecular weight is 364 g/mol. The summed E-state index contributed by atoms with van der Waals surface area (Å²) in [5, 5.41) is 2.75. The molecule has 1 N–H and O–H groups in total. The van der Waals surface area contributed by atoms with Crippen molar-refractivity contribution in [1.29, 1.82) is 0 Å². The first-order chi connectivity index (χ1) is 8.78. The van der Waals surface area contributed by atoms with Gasteiger partial charge in [-0.05, 0) is 33.5 Å². The lowest BCUT2D eigenvalue weighted by molar-refractivity contribution is -0.137. The Balaban J connectivity index is -0.0000000149. The first kappa shape index (κ1) is 57.1. The van der Waals surface area contributed by atoms with Gasteiger partial charge < -0.3 is 19.6 Å². The number of esters is 1. The number of ketones is 1. The van der Waals surface area contributed by atoms with Gasteiger partial charge in [0.15, 0.2) is 0 Å². The van der Waals surface area contributed by atoms with Crippen LogP contribution in [0.2, 0.25) is 0 Å². The minimum atomic E-state index is -0.245. The van der Waals surface area contributed by atoms with Gasteiger partial charge in [-0.2, -0.15) is 11.8 Å². The Bertz CT molecular complexity index is 139. The fourth-order valence-corrected chi connectivity index (χ4v) is 0. The molecule has 0 bridgehead atoms. The molecule has 0 saturated heterocycles. The van der Waals surface area contributed by atoms with Crippen molar-refractivity contribution in [3.63, 3.8) is 0 Å². The average Bonchev–Trinajstić information content (AvgIpc) is 2.32. The standard InChI is InChI=1S/C4H8O.C3H6O2.C2H7N.C2H6O.C2H6S.4CH4/c1-3-4(2)5;1-3(4)5-2;3*1-3-2;;;;/h3H2,1-2H3;1-2H3;3H,1-2H3;2*1-2H3;4*1H4. The molecule has 6 heteroatoms. The lowest BCUT2D eigenvalue weighted by atomic mass is 10.4. The van der Waals surface area contributed by atoms with E-state index in [2.05, 4.69) is 14.8 Å². The summed E-state index contributed by atoms with van der Waals surface area (Å²) < 4.78 is 8.36. The normalized spacial score (nSPS) is 5.48. The Morgan fingerprint density at radius 1 is 0.913 bits per heavy atom. The largest absolute Gasteiger partial charge is 0.469 e. The monoisotopic (exact) mass is 363 g/mol. The number of nitrogens with one attached hydrogen (secondary N) is 1. The number of carbonyl (C=O) groups is 2. The van der Waals surface area contributed by atoms with Gasteiger partial charge in [-0.15, -0.1) is 0 Å². The van der Waals surface area contributed by atoms with Crippen LogP contribution in [0.4, 0.5) is 0 Å². The predicted octanol–water partition coefficient (Wildman–Crippen LogP) is 4.79. The summed E-state index contributed by atoms with van der Waals surface area (Å²) in [7, 11) is 8.35. The summed E-state index contributed by atoms with van der Waals surface area (Å²) in [6.07, 6.45) is 4.75. The number of Topliss-reactive ketones (excluding diaryl/α,β-unsaturated/α-hetero) is 1. The van der Waals surface area contributed by atoms with E-state index in [1.807, 2.05) is 33.5 Å². The van der Waals surface area contributed by atoms with Gasteiger partial charge in [-0.25, -0.2) is 0 Å². The van der Waals surface area contributed by atoms with E-state index in [0.717, 1.165) is 0 Å². The van der Waals surface area contributed by atoms with E-state index >= 15 is 0 Å². The van der Waals surface area contributed by atoms with E-state index < -0.39 is 0 Å². The third-order valence-electron chi connectivity index (χ3n) is 0.785. The smallest absolute Gasteiger partial charge is 0.302 e. The zero-order chi connectivity index (χ0) is 16.7. The predicted molar refractivity (Wildman–Crippen MR) is 113 cm³/mol. The second kappa shape index (κ2) is 82.3. The first-order valence-electron chi connectivity index (χ1n) is 5.71. The fraction of sp³-hybridized carbons (Fsp3) is 0.882. The molecular weight excluding hydrogens is 314 g/mol. The Labute approximate surface area is 153 Å². The SMILES string of the molecule is C.C.C.C.CCC(C)=O.CNC.COC.COC(C)=O.CSC. The topological polar surface area (TPSA) is 64.6 Å². The van der Waals surface area contributed by atoms with Crippen LogP contribution in [0.3, 0.4) is 0 Å². The number of carbonyl (C=O) groups excluding carboxylic acids is 2. The van der Waals surface area contributed by atoms with Crippen LogP contribution in [0.5, 0.6) is 0 Å². The van der Waals surface area contributed by atoms with E-state index in [1.54, 1.807) is 32.9 Å². The Hall–Kier alpha value is -0.590. The summed E-state index contributed by atoms with van der Waals surface area (Å²) in [6, 6.07) is 0. The quantitative estimate of drug-likeness (QED) is 0.676.